The number of fused-ring (bicyclic) bond motifs is 1. The Hall–Kier alpha value is -4.32. The predicted molar refractivity (Wildman–Crippen MR) is 134 cm³/mol. The lowest BCUT2D eigenvalue weighted by Crippen LogP contribution is -2.28. The highest BCUT2D eigenvalue weighted by Gasteiger charge is 2.23. The molecule has 1 atom stereocenters. The van der Waals surface area contributed by atoms with Gasteiger partial charge in [0, 0.05) is 30.2 Å². The van der Waals surface area contributed by atoms with Gasteiger partial charge in [0.1, 0.15) is 11.3 Å². The number of carbonyl (C=O) groups is 1. The van der Waals surface area contributed by atoms with Gasteiger partial charge >= 0.3 is 0 Å². The van der Waals surface area contributed by atoms with Gasteiger partial charge in [0.15, 0.2) is 5.78 Å². The van der Waals surface area contributed by atoms with Gasteiger partial charge in [-0.1, -0.05) is 54.6 Å². The molecule has 0 fully saturated rings. The highest BCUT2D eigenvalue weighted by molar-refractivity contribution is 6.04. The number of nitrogens with zero attached hydrogens (tertiary/aromatic N) is 1. The minimum atomic E-state index is -0.519. The normalized spacial score (nSPS) is 12.2. The van der Waals surface area contributed by atoms with Crippen molar-refractivity contribution in [3.05, 3.63) is 106 Å². The molecular formula is C27H25N3O3. The van der Waals surface area contributed by atoms with Gasteiger partial charge in [-0.05, 0) is 42.0 Å². The molecule has 6 nitrogen and oxygen atoms in total. The molecule has 3 aromatic carbocycles. The summed E-state index contributed by atoms with van der Waals surface area (Å²) in [5.41, 5.74) is 8.04. The molecule has 0 saturated carbocycles. The number of para-hydroxylation sites is 1. The first-order valence-corrected chi connectivity index (χ1v) is 10.6. The number of anilines is 2. The Kier molecular flexibility index (Phi) is 6.26. The van der Waals surface area contributed by atoms with Crippen LogP contribution in [0.2, 0.25) is 0 Å². The average molecular weight is 440 g/mol. The Morgan fingerprint density at radius 2 is 1.70 bits per heavy atom. The Bertz CT molecular complexity index is 1370. The summed E-state index contributed by atoms with van der Waals surface area (Å²) in [4.78, 5) is 26.2. The molecule has 33 heavy (non-hydrogen) atoms. The highest BCUT2D eigenvalue weighted by Crippen LogP contribution is 2.27. The molecule has 0 spiro atoms. The number of aromatic nitrogens is 1. The lowest BCUT2D eigenvalue weighted by Gasteiger charge is -2.17. The second-order valence-electron chi connectivity index (χ2n) is 7.87. The smallest absolute Gasteiger partial charge is 0.265 e. The molecule has 0 amide bonds. The fourth-order valence-corrected chi connectivity index (χ4v) is 3.78. The van der Waals surface area contributed by atoms with E-state index in [1.54, 1.807) is 43.4 Å². The number of pyridine rings is 1. The third-order valence-electron chi connectivity index (χ3n) is 5.54. The summed E-state index contributed by atoms with van der Waals surface area (Å²) in [5, 5.41) is 14.6. The molecule has 0 aliphatic carbocycles. The summed E-state index contributed by atoms with van der Waals surface area (Å²) < 4.78 is 1.39. The van der Waals surface area contributed by atoms with Crippen molar-refractivity contribution in [3.63, 3.8) is 0 Å². The van der Waals surface area contributed by atoms with Gasteiger partial charge in [-0.25, -0.2) is 0 Å². The molecule has 0 bridgehead atoms. The topological polar surface area (TPSA) is 97.4 Å². The number of nitrogens with two attached hydrogens (primary N) is 1. The minimum Gasteiger partial charge on any atom is -0.506 e. The summed E-state index contributed by atoms with van der Waals surface area (Å²) in [6, 6.07) is 23.5. The summed E-state index contributed by atoms with van der Waals surface area (Å²) >= 11 is 0. The van der Waals surface area contributed by atoms with Gasteiger partial charge in [0.2, 0.25) is 0 Å². The molecule has 4 N–H and O–H groups in total. The van der Waals surface area contributed by atoms with Crippen molar-refractivity contribution in [2.24, 2.45) is 7.05 Å². The Labute approximate surface area is 191 Å². The molecule has 0 aliphatic rings. The van der Waals surface area contributed by atoms with E-state index in [-0.39, 0.29) is 17.7 Å². The first-order valence-electron chi connectivity index (χ1n) is 10.6. The van der Waals surface area contributed by atoms with Crippen molar-refractivity contribution < 1.29 is 9.90 Å². The number of nitrogen functional groups attached to an aromatic ring is 1. The Morgan fingerprint density at radius 1 is 1.03 bits per heavy atom. The number of nitrogens with one attached hydrogen (secondary N) is 1. The molecule has 4 rings (SSSR count). The SMILES string of the molecule is Cn1c(=O)c(C(=O)C[C@@H](/C=C/c2ccccc2)Nc2ccc(N)cc2)c(O)c2ccccc21. The second kappa shape index (κ2) is 9.44. The van der Waals surface area contributed by atoms with Gasteiger partial charge in [-0.3, -0.25) is 9.59 Å². The fourth-order valence-electron chi connectivity index (χ4n) is 3.78. The highest BCUT2D eigenvalue weighted by atomic mass is 16.3. The summed E-state index contributed by atoms with van der Waals surface area (Å²) in [5.74, 6) is -0.721. The van der Waals surface area contributed by atoms with E-state index in [9.17, 15) is 14.7 Å². The van der Waals surface area contributed by atoms with Crippen LogP contribution in [0.3, 0.4) is 0 Å². The van der Waals surface area contributed by atoms with Crippen LogP contribution in [0.1, 0.15) is 22.3 Å². The molecule has 4 aromatic rings. The Morgan fingerprint density at radius 3 is 2.42 bits per heavy atom. The molecule has 0 aliphatic heterocycles. The van der Waals surface area contributed by atoms with Crippen LogP contribution in [-0.4, -0.2) is 21.5 Å². The fraction of sp³-hybridized carbons (Fsp3) is 0.111. The first-order chi connectivity index (χ1) is 15.9. The number of hydrogen-bond acceptors (Lipinski definition) is 5. The molecular weight excluding hydrogens is 414 g/mol. The van der Waals surface area contributed by atoms with Crippen molar-refractivity contribution in [3.8, 4) is 5.75 Å². The maximum absolute atomic E-state index is 13.3. The van der Waals surface area contributed by atoms with Crippen molar-refractivity contribution in [2.75, 3.05) is 11.1 Å². The Balaban J connectivity index is 1.68. The predicted octanol–water partition coefficient (Wildman–Crippen LogP) is 4.59. The van der Waals surface area contributed by atoms with Crippen LogP contribution in [0, 0.1) is 0 Å². The van der Waals surface area contributed by atoms with Crippen LogP contribution in [0.25, 0.3) is 17.0 Å². The number of ketones is 1. The van der Waals surface area contributed by atoms with Crippen LogP contribution in [0.15, 0.2) is 89.7 Å². The number of benzene rings is 3. The summed E-state index contributed by atoms with van der Waals surface area (Å²) in [6.45, 7) is 0. The number of carbonyl (C=O) groups excluding carboxylic acids is 1. The van der Waals surface area contributed by atoms with E-state index < -0.39 is 17.4 Å². The lowest BCUT2D eigenvalue weighted by molar-refractivity contribution is 0.0976. The number of aryl methyl sites for hydroxylation is 1. The lowest BCUT2D eigenvalue weighted by atomic mass is 10.0. The molecule has 1 heterocycles. The molecule has 0 radical (unpaired) electrons. The van der Waals surface area contributed by atoms with E-state index in [0.717, 1.165) is 11.3 Å². The van der Waals surface area contributed by atoms with E-state index in [1.807, 2.05) is 54.6 Å². The van der Waals surface area contributed by atoms with E-state index in [1.165, 1.54) is 4.57 Å². The molecule has 0 unspecified atom stereocenters. The van der Waals surface area contributed by atoms with E-state index in [0.29, 0.717) is 16.6 Å². The van der Waals surface area contributed by atoms with E-state index >= 15 is 0 Å². The van der Waals surface area contributed by atoms with Crippen molar-refractivity contribution in [1.29, 1.82) is 0 Å². The van der Waals surface area contributed by atoms with Gasteiger partial charge in [-0.15, -0.1) is 0 Å². The third-order valence-corrected chi connectivity index (χ3v) is 5.54. The zero-order chi connectivity index (χ0) is 23.4. The number of Topliss-reactive ketones (excluding diaryl/α,β-unsaturated/α-hetero) is 1. The summed E-state index contributed by atoms with van der Waals surface area (Å²) in [6.07, 6.45) is 3.78. The van der Waals surface area contributed by atoms with E-state index in [2.05, 4.69) is 5.32 Å². The first kappa shape index (κ1) is 21.9. The minimum absolute atomic E-state index is 0.0190. The maximum atomic E-state index is 13.3. The monoisotopic (exact) mass is 439 g/mol. The molecule has 6 heteroatoms. The van der Waals surface area contributed by atoms with Crippen molar-refractivity contribution in [1.82, 2.24) is 4.57 Å². The second-order valence-corrected chi connectivity index (χ2v) is 7.87. The van der Waals surface area contributed by atoms with Crippen LogP contribution >= 0.6 is 0 Å². The number of hydrogen-bond donors (Lipinski definition) is 3. The molecule has 0 saturated heterocycles. The quantitative estimate of drug-likeness (QED) is 0.289. The van der Waals surface area contributed by atoms with Crippen LogP contribution in [-0.2, 0) is 7.05 Å². The van der Waals surface area contributed by atoms with Gasteiger partial charge < -0.3 is 20.7 Å². The molecule has 1 aromatic heterocycles. The standard InChI is InChI=1S/C27H25N3O3/c1-30-23-10-6-5-9-22(23)26(32)25(27(30)33)24(31)17-21(14-11-18-7-3-2-4-8-18)29-20-15-12-19(28)13-16-20/h2-16,21,29,32H,17,28H2,1H3/b14-11+/t21-/m1/s1. The van der Waals surface area contributed by atoms with Crippen LogP contribution in [0.4, 0.5) is 11.4 Å². The van der Waals surface area contributed by atoms with Gasteiger partial charge in [-0.2, -0.15) is 0 Å². The van der Waals surface area contributed by atoms with Crippen LogP contribution < -0.4 is 16.6 Å². The summed E-state index contributed by atoms with van der Waals surface area (Å²) in [7, 11) is 1.60. The largest absolute Gasteiger partial charge is 0.506 e. The molecule has 166 valence electrons. The van der Waals surface area contributed by atoms with Crippen molar-refractivity contribution >= 4 is 34.1 Å². The zero-order valence-electron chi connectivity index (χ0n) is 18.2. The van der Waals surface area contributed by atoms with Gasteiger partial charge in [0.25, 0.3) is 5.56 Å². The zero-order valence-corrected chi connectivity index (χ0v) is 18.2. The van der Waals surface area contributed by atoms with Crippen LogP contribution in [0.5, 0.6) is 5.75 Å². The van der Waals surface area contributed by atoms with Crippen molar-refractivity contribution in [2.45, 2.75) is 12.5 Å². The van der Waals surface area contributed by atoms with E-state index in [4.69, 9.17) is 5.73 Å². The number of rotatable bonds is 7. The third kappa shape index (κ3) is 4.80. The number of aromatic hydroxyl groups is 1. The maximum Gasteiger partial charge on any atom is 0.265 e. The average Bonchev–Trinajstić information content (AvgIpc) is 2.83. The van der Waals surface area contributed by atoms with Gasteiger partial charge in [0.05, 0.1) is 11.6 Å².